The number of carbonyl (C=O) groups is 1. The molecule has 8 heteroatoms. The molecule has 146 valence electrons. The van der Waals surface area contributed by atoms with Crippen molar-refractivity contribution in [3.63, 3.8) is 0 Å². The Morgan fingerprint density at radius 2 is 2.04 bits per heavy atom. The van der Waals surface area contributed by atoms with Gasteiger partial charge in [-0.2, -0.15) is 0 Å². The van der Waals surface area contributed by atoms with E-state index in [1.165, 1.54) is 16.1 Å². The van der Waals surface area contributed by atoms with Crippen molar-refractivity contribution in [2.75, 3.05) is 48.8 Å². The molecule has 2 N–H and O–H groups in total. The predicted octanol–water partition coefficient (Wildman–Crippen LogP) is 2.12. The van der Waals surface area contributed by atoms with Gasteiger partial charge in [0.2, 0.25) is 5.95 Å². The van der Waals surface area contributed by atoms with E-state index in [9.17, 15) is 4.79 Å². The first-order chi connectivity index (χ1) is 13.7. The van der Waals surface area contributed by atoms with Crippen LogP contribution < -0.4 is 15.5 Å². The number of hydrogen-bond acceptors (Lipinski definition) is 7. The second kappa shape index (κ2) is 7.25. The van der Waals surface area contributed by atoms with Crippen molar-refractivity contribution in [1.29, 1.82) is 0 Å². The van der Waals surface area contributed by atoms with E-state index in [1.807, 2.05) is 11.8 Å². The second-order valence-corrected chi connectivity index (χ2v) is 8.47. The summed E-state index contributed by atoms with van der Waals surface area (Å²) in [5.41, 5.74) is 4.11. The number of aromatic nitrogens is 2. The van der Waals surface area contributed by atoms with Crippen LogP contribution in [0.3, 0.4) is 0 Å². The van der Waals surface area contributed by atoms with Gasteiger partial charge >= 0.3 is 0 Å². The summed E-state index contributed by atoms with van der Waals surface area (Å²) in [5, 5.41) is 6.29. The highest BCUT2D eigenvalue weighted by atomic mass is 32.2. The van der Waals surface area contributed by atoms with E-state index in [0.29, 0.717) is 18.2 Å². The number of benzene rings is 1. The van der Waals surface area contributed by atoms with Crippen LogP contribution in [0.2, 0.25) is 0 Å². The first kappa shape index (κ1) is 17.8. The molecule has 1 aromatic heterocycles. The molecule has 3 aliphatic rings. The molecule has 5 rings (SSSR count). The number of amides is 1. The molecular weight excluding hydrogens is 372 g/mol. The number of nitrogens with one attached hydrogen (secondary N) is 2. The summed E-state index contributed by atoms with van der Waals surface area (Å²) in [7, 11) is 0. The largest absolute Gasteiger partial charge is 0.375 e. The summed E-state index contributed by atoms with van der Waals surface area (Å²) < 4.78 is 0. The van der Waals surface area contributed by atoms with Gasteiger partial charge in [0.15, 0.2) is 0 Å². The Kier molecular flexibility index (Phi) is 4.60. The Morgan fingerprint density at radius 1 is 1.18 bits per heavy atom. The molecule has 0 spiro atoms. The Labute approximate surface area is 168 Å². The average molecular weight is 397 g/mol. The quantitative estimate of drug-likeness (QED) is 0.823. The minimum atomic E-state index is -0.0614. The number of carbonyl (C=O) groups excluding carboxylic acids is 1. The summed E-state index contributed by atoms with van der Waals surface area (Å²) in [6, 6.07) is 7.17. The lowest BCUT2D eigenvalue weighted by atomic mass is 10.1. The van der Waals surface area contributed by atoms with E-state index >= 15 is 0 Å². The van der Waals surface area contributed by atoms with Gasteiger partial charge in [0.25, 0.3) is 5.91 Å². The molecule has 3 aliphatic heterocycles. The zero-order valence-corrected chi connectivity index (χ0v) is 16.8. The molecule has 1 aromatic carbocycles. The van der Waals surface area contributed by atoms with Crippen molar-refractivity contribution < 1.29 is 4.79 Å². The molecule has 1 fully saturated rings. The van der Waals surface area contributed by atoms with Gasteiger partial charge in [-0.1, -0.05) is 6.07 Å². The molecule has 0 radical (unpaired) electrons. The highest BCUT2D eigenvalue weighted by molar-refractivity contribution is 7.99. The normalized spacial score (nSPS) is 20.2. The molecule has 7 nitrogen and oxygen atoms in total. The highest BCUT2D eigenvalue weighted by Gasteiger charge is 2.26. The fraction of sp³-hybridized carbons (Fsp3) is 0.450. The van der Waals surface area contributed by atoms with Crippen LogP contribution in [0.25, 0.3) is 0 Å². The van der Waals surface area contributed by atoms with Crippen LogP contribution in [0.15, 0.2) is 29.3 Å². The molecule has 1 amide bonds. The minimum Gasteiger partial charge on any atom is -0.375 e. The van der Waals surface area contributed by atoms with Gasteiger partial charge in [0.1, 0.15) is 0 Å². The lowest BCUT2D eigenvalue weighted by molar-refractivity contribution is 0.0944. The third kappa shape index (κ3) is 3.20. The highest BCUT2D eigenvalue weighted by Crippen LogP contribution is 2.36. The number of anilines is 2. The molecular formula is C20H24N6OS. The second-order valence-electron chi connectivity index (χ2n) is 7.46. The van der Waals surface area contributed by atoms with Crippen molar-refractivity contribution in [1.82, 2.24) is 20.2 Å². The zero-order valence-electron chi connectivity index (χ0n) is 15.9. The fourth-order valence-electron chi connectivity index (χ4n) is 4.11. The van der Waals surface area contributed by atoms with E-state index in [2.05, 4.69) is 55.5 Å². The van der Waals surface area contributed by atoms with E-state index < -0.39 is 0 Å². The number of fused-ring (bicyclic) bond motifs is 2. The maximum Gasteiger partial charge on any atom is 0.254 e. The topological polar surface area (TPSA) is 73.4 Å². The molecule has 0 aliphatic carbocycles. The van der Waals surface area contributed by atoms with Gasteiger partial charge in [0, 0.05) is 62.0 Å². The predicted molar refractivity (Wildman–Crippen MR) is 111 cm³/mol. The standard InChI is InChI=1S/C20H24N6OS/c1-13(14-2-3-18-17(10-14)23-12-28-18)25-6-8-26(9-7-25)20-22-11-15-16(24-20)4-5-21-19(15)27/h2-3,10-11,13,23H,4-9,12H2,1H3,(H,21,27). The maximum atomic E-state index is 11.9. The van der Waals surface area contributed by atoms with Crippen molar-refractivity contribution in [2.24, 2.45) is 0 Å². The third-order valence-electron chi connectivity index (χ3n) is 5.87. The minimum absolute atomic E-state index is 0.0614. The number of thioether (sulfide) groups is 1. The van der Waals surface area contributed by atoms with E-state index in [4.69, 9.17) is 0 Å². The number of hydrogen-bond donors (Lipinski definition) is 2. The number of piperazine rings is 1. The van der Waals surface area contributed by atoms with Gasteiger partial charge in [-0.25, -0.2) is 9.97 Å². The summed E-state index contributed by atoms with van der Waals surface area (Å²) in [5.74, 6) is 1.65. The molecule has 28 heavy (non-hydrogen) atoms. The lowest BCUT2D eigenvalue weighted by Gasteiger charge is -2.38. The Morgan fingerprint density at radius 3 is 2.89 bits per heavy atom. The lowest BCUT2D eigenvalue weighted by Crippen LogP contribution is -2.48. The first-order valence-corrected chi connectivity index (χ1v) is 10.8. The number of nitrogens with zero attached hydrogens (tertiary/aromatic N) is 4. The first-order valence-electron chi connectivity index (χ1n) is 9.83. The fourth-order valence-corrected chi connectivity index (χ4v) is 4.95. The van der Waals surface area contributed by atoms with Gasteiger partial charge < -0.3 is 15.5 Å². The third-order valence-corrected chi connectivity index (χ3v) is 6.82. The zero-order chi connectivity index (χ0) is 19.1. The van der Waals surface area contributed by atoms with Crippen LogP contribution in [-0.2, 0) is 6.42 Å². The Hall–Kier alpha value is -2.32. The van der Waals surface area contributed by atoms with Crippen LogP contribution in [0.4, 0.5) is 11.6 Å². The average Bonchev–Trinajstić information content (AvgIpc) is 3.21. The Bertz CT molecular complexity index is 912. The summed E-state index contributed by atoms with van der Waals surface area (Å²) in [4.78, 5) is 27.1. The van der Waals surface area contributed by atoms with Gasteiger partial charge in [-0.05, 0) is 24.6 Å². The molecule has 1 saturated heterocycles. The molecule has 1 atom stereocenters. The van der Waals surface area contributed by atoms with E-state index in [1.54, 1.807) is 6.20 Å². The van der Waals surface area contributed by atoms with Gasteiger partial charge in [-0.15, -0.1) is 11.8 Å². The summed E-state index contributed by atoms with van der Waals surface area (Å²) >= 11 is 1.86. The van der Waals surface area contributed by atoms with Crippen molar-refractivity contribution in [3.05, 3.63) is 41.2 Å². The summed E-state index contributed by atoms with van der Waals surface area (Å²) in [6.07, 6.45) is 2.45. The van der Waals surface area contributed by atoms with E-state index in [-0.39, 0.29) is 5.91 Å². The van der Waals surface area contributed by atoms with Gasteiger partial charge in [0.05, 0.1) is 17.1 Å². The Balaban J connectivity index is 1.26. The summed E-state index contributed by atoms with van der Waals surface area (Å²) in [6.45, 7) is 6.68. The number of rotatable bonds is 3. The van der Waals surface area contributed by atoms with Crippen molar-refractivity contribution >= 4 is 29.3 Å². The van der Waals surface area contributed by atoms with Gasteiger partial charge in [-0.3, -0.25) is 9.69 Å². The van der Waals surface area contributed by atoms with E-state index in [0.717, 1.165) is 50.1 Å². The van der Waals surface area contributed by atoms with Crippen molar-refractivity contribution in [2.45, 2.75) is 24.3 Å². The van der Waals surface area contributed by atoms with Crippen LogP contribution >= 0.6 is 11.8 Å². The molecule has 2 aromatic rings. The SMILES string of the molecule is CC(c1ccc2c(c1)NCS2)N1CCN(c2ncc3c(n2)CCNC3=O)CC1. The molecule has 0 bridgehead atoms. The van der Waals surface area contributed by atoms with Crippen LogP contribution in [0, 0.1) is 0 Å². The molecule has 1 unspecified atom stereocenters. The van der Waals surface area contributed by atoms with Crippen molar-refractivity contribution in [3.8, 4) is 0 Å². The maximum absolute atomic E-state index is 11.9. The molecule has 0 saturated carbocycles. The van der Waals surface area contributed by atoms with Crippen LogP contribution in [0.5, 0.6) is 0 Å². The smallest absolute Gasteiger partial charge is 0.254 e. The monoisotopic (exact) mass is 396 g/mol. The van der Waals surface area contributed by atoms with Crippen LogP contribution in [-0.4, -0.2) is 59.4 Å². The van der Waals surface area contributed by atoms with Crippen LogP contribution in [0.1, 0.15) is 34.6 Å². The molecule has 4 heterocycles.